The average Bonchev–Trinajstić information content (AvgIpc) is 2.58. The van der Waals surface area contributed by atoms with Crippen LogP contribution in [-0.2, 0) is 4.79 Å². The highest BCUT2D eigenvalue weighted by atomic mass is 127. The summed E-state index contributed by atoms with van der Waals surface area (Å²) in [6.45, 7) is 0. The van der Waals surface area contributed by atoms with Gasteiger partial charge in [0.1, 0.15) is 5.75 Å². The number of aromatic hydroxyl groups is 1. The van der Waals surface area contributed by atoms with Gasteiger partial charge >= 0.3 is 0 Å². The Bertz CT molecular complexity index is 910. The van der Waals surface area contributed by atoms with E-state index in [0.717, 1.165) is 29.4 Å². The third kappa shape index (κ3) is 4.32. The monoisotopic (exact) mass is 778 g/mol. The van der Waals surface area contributed by atoms with Crippen molar-refractivity contribution in [3.8, 4) is 5.75 Å². The van der Waals surface area contributed by atoms with Gasteiger partial charge in [0, 0.05) is 0 Å². The Hall–Kier alpha value is 0.0500. The number of carbonyl (C=O) groups excluding carboxylic acids is 1. The lowest BCUT2D eigenvalue weighted by Gasteiger charge is -2.16. The van der Waals surface area contributed by atoms with Crippen molar-refractivity contribution >= 4 is 102 Å². The minimum absolute atomic E-state index is 0.0622. The van der Waals surface area contributed by atoms with Gasteiger partial charge in [0.05, 0.1) is 14.3 Å². The number of phenolic OH excluding ortho intramolecular Hbond substituents is 1. The quantitative estimate of drug-likeness (QED) is 0.349. The fourth-order valence-electron chi connectivity index (χ4n) is 2.52. The number of rotatable bonds is 2. The first kappa shape index (κ1) is 19.8. The summed E-state index contributed by atoms with van der Waals surface area (Å²) < 4.78 is 3.02. The molecule has 6 heteroatoms. The van der Waals surface area contributed by atoms with E-state index in [9.17, 15) is 9.90 Å². The topological polar surface area (TPSA) is 37.3 Å². The smallest absolute Gasteiger partial charge is 0.205 e. The normalized spacial score (nSPS) is 14.2. The molecule has 0 saturated heterocycles. The van der Waals surface area contributed by atoms with E-state index in [0.29, 0.717) is 12.9 Å². The van der Waals surface area contributed by atoms with Crippen LogP contribution in [0.5, 0.6) is 5.75 Å². The van der Waals surface area contributed by atoms with E-state index >= 15 is 0 Å². The third-order valence-corrected chi connectivity index (χ3v) is 6.90. The molecular formula is C19H10I4O2. The molecule has 2 aromatic carbocycles. The van der Waals surface area contributed by atoms with Crippen molar-refractivity contribution in [1.29, 1.82) is 0 Å². The zero-order valence-corrected chi connectivity index (χ0v) is 21.2. The summed E-state index contributed by atoms with van der Waals surface area (Å²) >= 11 is 8.48. The van der Waals surface area contributed by atoms with Crippen LogP contribution in [0.4, 0.5) is 0 Å². The number of Topliss-reactive ketones (excluding diaryl/α,β-unsaturated/α-hetero) is 1. The van der Waals surface area contributed by atoms with Gasteiger partial charge in [-0.1, -0.05) is 30.3 Å². The van der Waals surface area contributed by atoms with Gasteiger partial charge < -0.3 is 5.11 Å². The summed E-state index contributed by atoms with van der Waals surface area (Å²) in [4.78, 5) is 12.1. The van der Waals surface area contributed by atoms with Gasteiger partial charge in [-0.15, -0.1) is 0 Å². The molecule has 25 heavy (non-hydrogen) atoms. The van der Waals surface area contributed by atoms with E-state index in [1.807, 2.05) is 42.5 Å². The number of hydrogen-bond acceptors (Lipinski definition) is 2. The molecule has 0 saturated carbocycles. The van der Waals surface area contributed by atoms with Gasteiger partial charge in [0.25, 0.3) is 0 Å². The Morgan fingerprint density at radius 2 is 1.32 bits per heavy atom. The summed E-state index contributed by atoms with van der Waals surface area (Å²) in [6.07, 6.45) is 3.86. The first-order chi connectivity index (χ1) is 11.9. The summed E-state index contributed by atoms with van der Waals surface area (Å²) in [5.74, 6) is 0.364. The molecule has 0 aromatic heterocycles. The molecule has 0 unspecified atom stereocenters. The SMILES string of the molecule is O=C1C(I)=CC(=C(c2ccccc2)c2cc(I)c(O)c(I)c2)C=C1I. The highest BCUT2D eigenvalue weighted by Crippen LogP contribution is 2.37. The van der Waals surface area contributed by atoms with Crippen molar-refractivity contribution in [2.24, 2.45) is 0 Å². The summed E-state index contributed by atoms with van der Waals surface area (Å²) in [5.41, 5.74) is 4.14. The van der Waals surface area contributed by atoms with Crippen molar-refractivity contribution < 1.29 is 9.90 Å². The van der Waals surface area contributed by atoms with Crippen LogP contribution >= 0.6 is 90.4 Å². The minimum atomic E-state index is 0.0622. The second-order valence-electron chi connectivity index (χ2n) is 5.30. The largest absolute Gasteiger partial charge is 0.506 e. The van der Waals surface area contributed by atoms with Crippen molar-refractivity contribution in [2.45, 2.75) is 0 Å². The van der Waals surface area contributed by atoms with Crippen LogP contribution in [0.25, 0.3) is 5.57 Å². The molecule has 126 valence electrons. The molecule has 0 fully saturated rings. The maximum Gasteiger partial charge on any atom is 0.205 e. The Kier molecular flexibility index (Phi) is 6.64. The molecule has 1 aliphatic rings. The van der Waals surface area contributed by atoms with Gasteiger partial charge in [-0.3, -0.25) is 4.79 Å². The number of hydrogen-bond donors (Lipinski definition) is 1. The maximum atomic E-state index is 12.1. The Balaban J connectivity index is 2.33. The number of benzene rings is 2. The molecule has 0 atom stereocenters. The van der Waals surface area contributed by atoms with E-state index in [4.69, 9.17) is 0 Å². The first-order valence-corrected chi connectivity index (χ1v) is 11.5. The van der Waals surface area contributed by atoms with E-state index in [2.05, 4.69) is 102 Å². The van der Waals surface area contributed by atoms with Gasteiger partial charge in [-0.2, -0.15) is 0 Å². The first-order valence-electron chi connectivity index (χ1n) is 7.15. The van der Waals surface area contributed by atoms with E-state index in [-0.39, 0.29) is 5.78 Å². The Labute approximate surface area is 200 Å². The molecule has 2 nitrogen and oxygen atoms in total. The van der Waals surface area contributed by atoms with Gasteiger partial charge in [-0.05, 0) is 137 Å². The molecular weight excluding hydrogens is 768 g/mol. The van der Waals surface area contributed by atoms with Gasteiger partial charge in [0.15, 0.2) is 0 Å². The zero-order valence-electron chi connectivity index (χ0n) is 12.6. The van der Waals surface area contributed by atoms with Crippen molar-refractivity contribution in [1.82, 2.24) is 0 Å². The van der Waals surface area contributed by atoms with E-state index < -0.39 is 0 Å². The number of halogens is 4. The Morgan fingerprint density at radius 3 is 1.84 bits per heavy atom. The number of allylic oxidation sites excluding steroid dienone is 5. The van der Waals surface area contributed by atoms with Gasteiger partial charge in [-0.25, -0.2) is 0 Å². The molecule has 0 spiro atoms. The molecule has 0 radical (unpaired) electrons. The lowest BCUT2D eigenvalue weighted by atomic mass is 9.91. The van der Waals surface area contributed by atoms with E-state index in [1.54, 1.807) is 0 Å². The van der Waals surface area contributed by atoms with Gasteiger partial charge in [0.2, 0.25) is 5.78 Å². The second-order valence-corrected chi connectivity index (χ2v) is 9.95. The zero-order chi connectivity index (χ0) is 18.1. The standard InChI is InChI=1S/C19H10I4O2/c20-13-6-11(7-14(21)18(13)24)17(10-4-2-1-3-5-10)12-8-15(22)19(25)16(23)9-12/h1-9,24H. The average molecular weight is 778 g/mol. The molecule has 1 N–H and O–H groups in total. The minimum Gasteiger partial charge on any atom is -0.506 e. The highest BCUT2D eigenvalue weighted by molar-refractivity contribution is 14.1. The van der Waals surface area contributed by atoms with Crippen LogP contribution in [0.1, 0.15) is 11.1 Å². The predicted octanol–water partition coefficient (Wildman–Crippen LogP) is 6.62. The number of carbonyl (C=O) groups is 1. The maximum absolute atomic E-state index is 12.1. The number of ketones is 1. The number of phenols is 1. The highest BCUT2D eigenvalue weighted by Gasteiger charge is 2.20. The van der Waals surface area contributed by atoms with Crippen molar-refractivity contribution in [3.05, 3.63) is 85.6 Å². The molecule has 0 aliphatic heterocycles. The molecule has 0 heterocycles. The van der Waals surface area contributed by atoms with Crippen LogP contribution in [0.2, 0.25) is 0 Å². The fraction of sp³-hybridized carbons (Fsp3) is 0. The molecule has 3 rings (SSSR count). The van der Waals surface area contributed by atoms with Crippen LogP contribution in [0.3, 0.4) is 0 Å². The van der Waals surface area contributed by atoms with Crippen molar-refractivity contribution in [2.75, 3.05) is 0 Å². The summed E-state index contributed by atoms with van der Waals surface area (Å²) in [5, 5.41) is 10.1. The molecule has 2 aromatic rings. The van der Waals surface area contributed by atoms with Crippen LogP contribution < -0.4 is 0 Å². The Morgan fingerprint density at radius 1 is 0.800 bits per heavy atom. The van der Waals surface area contributed by atoms with E-state index in [1.165, 1.54) is 0 Å². The summed E-state index contributed by atoms with van der Waals surface area (Å²) in [7, 11) is 0. The molecule has 1 aliphatic carbocycles. The predicted molar refractivity (Wildman–Crippen MR) is 135 cm³/mol. The van der Waals surface area contributed by atoms with Crippen LogP contribution in [0.15, 0.2) is 67.3 Å². The van der Waals surface area contributed by atoms with Crippen molar-refractivity contribution in [3.63, 3.8) is 0 Å². The lowest BCUT2D eigenvalue weighted by Crippen LogP contribution is -2.04. The van der Waals surface area contributed by atoms with Crippen LogP contribution in [-0.4, -0.2) is 10.9 Å². The third-order valence-electron chi connectivity index (χ3n) is 3.65. The molecule has 0 amide bonds. The second kappa shape index (κ2) is 8.38. The lowest BCUT2D eigenvalue weighted by molar-refractivity contribution is -0.110. The summed E-state index contributed by atoms with van der Waals surface area (Å²) in [6, 6.07) is 14.1. The molecule has 0 bridgehead atoms. The van der Waals surface area contributed by atoms with Crippen LogP contribution in [0, 0.1) is 7.14 Å². The fourth-order valence-corrected chi connectivity index (χ4v) is 6.06.